The van der Waals surface area contributed by atoms with Crippen LogP contribution in [0.2, 0.25) is 0 Å². The van der Waals surface area contributed by atoms with Crippen LogP contribution in [-0.4, -0.2) is 41.1 Å². The number of aliphatic carboxylic acids is 1. The molecule has 108 valence electrons. The zero-order valence-corrected chi connectivity index (χ0v) is 11.6. The van der Waals surface area contributed by atoms with E-state index in [0.717, 1.165) is 19.4 Å². The molecule has 1 aliphatic heterocycles. The Morgan fingerprint density at radius 1 is 1.32 bits per heavy atom. The second-order valence-electron chi connectivity index (χ2n) is 5.85. The van der Waals surface area contributed by atoms with E-state index in [4.69, 9.17) is 5.11 Å². The zero-order chi connectivity index (χ0) is 13.8. The van der Waals surface area contributed by atoms with Gasteiger partial charge in [0.1, 0.15) is 0 Å². The third-order valence-electron chi connectivity index (χ3n) is 4.53. The zero-order valence-electron chi connectivity index (χ0n) is 11.6. The molecule has 2 aliphatic rings. The number of likely N-dealkylation sites (tertiary alicyclic amines) is 1. The molecule has 0 aromatic rings. The van der Waals surface area contributed by atoms with Gasteiger partial charge in [0.15, 0.2) is 0 Å². The number of nitrogens with zero attached hydrogens (tertiary/aromatic N) is 1. The molecule has 19 heavy (non-hydrogen) atoms. The molecule has 2 rings (SSSR count). The Morgan fingerprint density at radius 2 is 2.05 bits per heavy atom. The number of piperidine rings is 1. The smallest absolute Gasteiger partial charge is 0.317 e. The predicted molar refractivity (Wildman–Crippen MR) is 71.9 cm³/mol. The van der Waals surface area contributed by atoms with Crippen LogP contribution in [0.5, 0.6) is 0 Å². The van der Waals surface area contributed by atoms with Crippen molar-refractivity contribution in [2.45, 2.75) is 51.5 Å². The number of amides is 2. The lowest BCUT2D eigenvalue weighted by Gasteiger charge is -2.37. The summed E-state index contributed by atoms with van der Waals surface area (Å²) in [5, 5.41) is 11.7. The summed E-state index contributed by atoms with van der Waals surface area (Å²) >= 11 is 0. The summed E-state index contributed by atoms with van der Waals surface area (Å²) in [6.07, 6.45) is 6.46. The molecule has 5 heteroatoms. The Balaban J connectivity index is 1.77. The minimum absolute atomic E-state index is 0.00538. The van der Waals surface area contributed by atoms with Gasteiger partial charge in [-0.05, 0) is 38.0 Å². The van der Waals surface area contributed by atoms with Crippen LogP contribution in [0.4, 0.5) is 4.79 Å². The highest BCUT2D eigenvalue weighted by molar-refractivity contribution is 5.75. The van der Waals surface area contributed by atoms with Crippen LogP contribution in [0.1, 0.15) is 45.4 Å². The van der Waals surface area contributed by atoms with Gasteiger partial charge in [-0.1, -0.05) is 13.3 Å². The van der Waals surface area contributed by atoms with Crippen LogP contribution < -0.4 is 5.32 Å². The molecule has 2 amide bonds. The molecular weight excluding hydrogens is 244 g/mol. The van der Waals surface area contributed by atoms with Gasteiger partial charge in [-0.15, -0.1) is 0 Å². The summed E-state index contributed by atoms with van der Waals surface area (Å²) in [5.41, 5.74) is 0. The van der Waals surface area contributed by atoms with Gasteiger partial charge in [0.05, 0.1) is 5.92 Å². The Kier molecular flexibility index (Phi) is 4.66. The average molecular weight is 268 g/mol. The van der Waals surface area contributed by atoms with E-state index in [1.54, 1.807) is 6.92 Å². The van der Waals surface area contributed by atoms with Crippen molar-refractivity contribution in [3.05, 3.63) is 0 Å². The lowest BCUT2D eigenvalue weighted by Crippen LogP contribution is -2.50. The maximum Gasteiger partial charge on any atom is 0.317 e. The molecule has 1 saturated carbocycles. The van der Waals surface area contributed by atoms with Crippen molar-refractivity contribution in [2.24, 2.45) is 11.8 Å². The van der Waals surface area contributed by atoms with Gasteiger partial charge in [-0.25, -0.2) is 4.79 Å². The highest BCUT2D eigenvalue weighted by Crippen LogP contribution is 2.36. The number of urea groups is 1. The van der Waals surface area contributed by atoms with Crippen molar-refractivity contribution >= 4 is 12.0 Å². The number of rotatable bonds is 4. The van der Waals surface area contributed by atoms with E-state index in [1.165, 1.54) is 19.3 Å². The van der Waals surface area contributed by atoms with E-state index in [9.17, 15) is 9.59 Å². The Bertz CT molecular complexity index is 346. The Morgan fingerprint density at radius 3 is 2.79 bits per heavy atom. The van der Waals surface area contributed by atoms with E-state index in [1.807, 2.05) is 4.90 Å². The molecule has 1 saturated heterocycles. The number of carbonyl (C=O) groups excluding carboxylic acids is 1. The largest absolute Gasteiger partial charge is 0.481 e. The molecule has 3 unspecified atom stereocenters. The molecule has 0 aromatic heterocycles. The number of fused-ring (bicyclic) bond motifs is 1. The first-order valence-corrected chi connectivity index (χ1v) is 7.37. The van der Waals surface area contributed by atoms with E-state index in [2.05, 4.69) is 5.32 Å². The normalized spacial score (nSPS) is 27.7. The molecule has 2 N–H and O–H groups in total. The summed E-state index contributed by atoms with van der Waals surface area (Å²) in [7, 11) is 0. The average Bonchev–Trinajstić information content (AvgIpc) is 2.86. The van der Waals surface area contributed by atoms with Crippen LogP contribution in [0.15, 0.2) is 0 Å². The quantitative estimate of drug-likeness (QED) is 0.820. The number of nitrogens with one attached hydrogen (secondary N) is 1. The number of carboxylic acid groups (broad SMARTS) is 1. The molecule has 1 heterocycles. The fourth-order valence-electron chi connectivity index (χ4n) is 3.33. The van der Waals surface area contributed by atoms with Crippen molar-refractivity contribution < 1.29 is 14.7 Å². The van der Waals surface area contributed by atoms with Gasteiger partial charge < -0.3 is 15.3 Å². The molecule has 3 atom stereocenters. The van der Waals surface area contributed by atoms with Gasteiger partial charge in [-0.2, -0.15) is 0 Å². The van der Waals surface area contributed by atoms with Crippen LogP contribution in [0.25, 0.3) is 0 Å². The Labute approximate surface area is 114 Å². The molecule has 0 aromatic carbocycles. The molecule has 5 nitrogen and oxygen atoms in total. The summed E-state index contributed by atoms with van der Waals surface area (Å²) in [6.45, 7) is 2.96. The van der Waals surface area contributed by atoms with E-state index >= 15 is 0 Å². The minimum Gasteiger partial charge on any atom is -0.481 e. The lowest BCUT2D eigenvalue weighted by molar-refractivity contribution is -0.141. The van der Waals surface area contributed by atoms with Crippen molar-refractivity contribution in [1.29, 1.82) is 0 Å². The number of hydrogen-bond acceptors (Lipinski definition) is 2. The van der Waals surface area contributed by atoms with Gasteiger partial charge in [0.25, 0.3) is 0 Å². The van der Waals surface area contributed by atoms with Gasteiger partial charge in [0, 0.05) is 19.1 Å². The van der Waals surface area contributed by atoms with E-state index in [-0.39, 0.29) is 6.03 Å². The summed E-state index contributed by atoms with van der Waals surface area (Å²) in [4.78, 5) is 24.8. The molecule has 1 aliphatic carbocycles. The molecule has 2 fully saturated rings. The number of carboxylic acids is 1. The lowest BCUT2D eigenvalue weighted by atomic mass is 9.92. The first kappa shape index (κ1) is 14.2. The SMILES string of the molecule is CC(CCNC(=O)N1CCCC2CCCC21)C(=O)O. The van der Waals surface area contributed by atoms with Gasteiger partial charge in [0.2, 0.25) is 0 Å². The van der Waals surface area contributed by atoms with Crippen LogP contribution >= 0.6 is 0 Å². The van der Waals surface area contributed by atoms with Crippen molar-refractivity contribution in [3.8, 4) is 0 Å². The maximum atomic E-state index is 12.2. The summed E-state index contributed by atoms with van der Waals surface area (Å²) in [5.74, 6) is -0.513. The fraction of sp³-hybridized carbons (Fsp3) is 0.857. The van der Waals surface area contributed by atoms with Crippen LogP contribution in [0, 0.1) is 11.8 Å². The van der Waals surface area contributed by atoms with E-state index < -0.39 is 11.9 Å². The Hall–Kier alpha value is -1.26. The molecule has 0 spiro atoms. The van der Waals surface area contributed by atoms with Gasteiger partial charge in [-0.3, -0.25) is 4.79 Å². The van der Waals surface area contributed by atoms with Crippen LogP contribution in [-0.2, 0) is 4.79 Å². The predicted octanol–water partition coefficient (Wildman–Crippen LogP) is 2.07. The fourth-order valence-corrected chi connectivity index (χ4v) is 3.33. The van der Waals surface area contributed by atoms with Crippen molar-refractivity contribution in [3.63, 3.8) is 0 Å². The highest BCUT2D eigenvalue weighted by Gasteiger charge is 2.37. The topological polar surface area (TPSA) is 69.6 Å². The molecular formula is C14H24N2O3. The second-order valence-corrected chi connectivity index (χ2v) is 5.85. The van der Waals surface area contributed by atoms with Crippen molar-refractivity contribution in [2.75, 3.05) is 13.1 Å². The number of hydrogen-bond donors (Lipinski definition) is 2. The second kappa shape index (κ2) is 6.26. The summed E-state index contributed by atoms with van der Waals surface area (Å²) < 4.78 is 0. The first-order chi connectivity index (χ1) is 9.09. The van der Waals surface area contributed by atoms with Crippen molar-refractivity contribution in [1.82, 2.24) is 10.2 Å². The third kappa shape index (κ3) is 3.39. The minimum atomic E-state index is -0.803. The highest BCUT2D eigenvalue weighted by atomic mass is 16.4. The van der Waals surface area contributed by atoms with E-state index in [0.29, 0.717) is 24.9 Å². The number of carbonyl (C=O) groups is 2. The summed E-state index contributed by atoms with van der Waals surface area (Å²) in [6, 6.07) is 0.417. The standard InChI is InChI=1S/C14H24N2O3/c1-10(13(17)18)7-8-15-14(19)16-9-3-5-11-4-2-6-12(11)16/h10-12H,2-9H2,1H3,(H,15,19)(H,17,18). The third-order valence-corrected chi connectivity index (χ3v) is 4.53. The molecule has 0 bridgehead atoms. The van der Waals surface area contributed by atoms with Gasteiger partial charge >= 0.3 is 12.0 Å². The van der Waals surface area contributed by atoms with Crippen LogP contribution in [0.3, 0.4) is 0 Å². The molecule has 0 radical (unpaired) electrons. The first-order valence-electron chi connectivity index (χ1n) is 7.37. The maximum absolute atomic E-state index is 12.2. The monoisotopic (exact) mass is 268 g/mol.